The first kappa shape index (κ1) is 9.35. The zero-order chi connectivity index (χ0) is 9.10. The van der Waals surface area contributed by atoms with Gasteiger partial charge in [-0.25, -0.2) is 0 Å². The predicted octanol–water partition coefficient (Wildman–Crippen LogP) is 4.32. The topological polar surface area (TPSA) is 0 Å². The molecule has 0 aliphatic carbocycles. The second-order valence-electron chi connectivity index (χ2n) is 3.11. The first-order valence-corrected chi connectivity index (χ1v) is 6.21. The summed E-state index contributed by atoms with van der Waals surface area (Å²) in [5.41, 5.74) is 1.31. The van der Waals surface area contributed by atoms with Crippen molar-refractivity contribution in [2.45, 2.75) is 12.8 Å². The molecular weight excluding hydrogens is 244 g/mol. The van der Waals surface area contributed by atoms with Crippen molar-refractivity contribution in [3.8, 4) is 0 Å². The van der Waals surface area contributed by atoms with E-state index in [-0.39, 0.29) is 0 Å². The van der Waals surface area contributed by atoms with Gasteiger partial charge in [0.1, 0.15) is 0 Å². The normalized spacial score (nSPS) is 19.6. The van der Waals surface area contributed by atoms with Gasteiger partial charge < -0.3 is 0 Å². The maximum absolute atomic E-state index is 3.43. The number of allylic oxidation sites excluding steroid dienone is 1. The first-order chi connectivity index (χ1) is 6.34. The zero-order valence-electron chi connectivity index (χ0n) is 7.29. The van der Waals surface area contributed by atoms with E-state index in [1.165, 1.54) is 29.1 Å². The lowest BCUT2D eigenvalue weighted by Gasteiger charge is -1.96. The van der Waals surface area contributed by atoms with Crippen molar-refractivity contribution in [3.63, 3.8) is 0 Å². The fraction of sp³-hybridized carbons (Fsp3) is 0.273. The Bertz CT molecular complexity index is 305. The number of halogens is 1. The van der Waals surface area contributed by atoms with Crippen LogP contribution in [0.3, 0.4) is 0 Å². The van der Waals surface area contributed by atoms with Gasteiger partial charge in [0.15, 0.2) is 0 Å². The summed E-state index contributed by atoms with van der Waals surface area (Å²) in [6.45, 7) is 0. The quantitative estimate of drug-likeness (QED) is 0.720. The van der Waals surface area contributed by atoms with Gasteiger partial charge in [0, 0.05) is 4.47 Å². The third-order valence-electron chi connectivity index (χ3n) is 2.05. The van der Waals surface area contributed by atoms with E-state index in [0.29, 0.717) is 0 Å². The van der Waals surface area contributed by atoms with E-state index >= 15 is 0 Å². The van der Waals surface area contributed by atoms with Crippen molar-refractivity contribution in [2.75, 3.05) is 5.75 Å². The molecule has 0 nitrogen and oxygen atoms in total. The van der Waals surface area contributed by atoms with Gasteiger partial charge in [-0.3, -0.25) is 0 Å². The van der Waals surface area contributed by atoms with E-state index in [1.807, 2.05) is 11.8 Å². The third kappa shape index (κ3) is 2.61. The van der Waals surface area contributed by atoms with Gasteiger partial charge in [0.25, 0.3) is 0 Å². The molecule has 0 N–H and O–H groups in total. The van der Waals surface area contributed by atoms with E-state index in [4.69, 9.17) is 0 Å². The Hall–Kier alpha value is -0.210. The van der Waals surface area contributed by atoms with Crippen LogP contribution in [0.4, 0.5) is 0 Å². The highest BCUT2D eigenvalue weighted by atomic mass is 79.9. The smallest absolute Gasteiger partial charge is 0.0175 e. The minimum absolute atomic E-state index is 1.15. The molecule has 1 heterocycles. The number of benzene rings is 1. The highest BCUT2D eigenvalue weighted by molar-refractivity contribution is 9.10. The maximum Gasteiger partial charge on any atom is 0.0175 e. The van der Waals surface area contributed by atoms with Gasteiger partial charge in [0.2, 0.25) is 0 Å². The van der Waals surface area contributed by atoms with E-state index in [2.05, 4.69) is 46.3 Å². The predicted molar refractivity (Wildman–Crippen MR) is 63.8 cm³/mol. The van der Waals surface area contributed by atoms with Crippen LogP contribution in [0.1, 0.15) is 18.4 Å². The molecule has 1 aromatic carbocycles. The van der Waals surface area contributed by atoms with Crippen LogP contribution in [0.5, 0.6) is 0 Å². The molecule has 2 heteroatoms. The molecule has 2 rings (SSSR count). The molecule has 0 saturated carbocycles. The Kier molecular flexibility index (Phi) is 3.12. The lowest BCUT2D eigenvalue weighted by Crippen LogP contribution is -1.73. The summed E-state index contributed by atoms with van der Waals surface area (Å²) >= 11 is 5.42. The Morgan fingerprint density at radius 1 is 1.23 bits per heavy atom. The standard InChI is InChI=1S/C11H11BrS/c12-10-5-3-9(4-6-10)8-11-2-1-7-13-11/h3-6,8H,1-2,7H2. The lowest BCUT2D eigenvalue weighted by molar-refractivity contribution is 0.999. The summed E-state index contributed by atoms with van der Waals surface area (Å²) in [5, 5.41) is 0. The molecule has 13 heavy (non-hydrogen) atoms. The number of hydrogen-bond donors (Lipinski definition) is 0. The van der Waals surface area contributed by atoms with Gasteiger partial charge in [-0.15, -0.1) is 11.8 Å². The average molecular weight is 255 g/mol. The van der Waals surface area contributed by atoms with Crippen molar-refractivity contribution in [1.82, 2.24) is 0 Å². The highest BCUT2D eigenvalue weighted by Crippen LogP contribution is 2.31. The molecule has 0 unspecified atom stereocenters. The summed E-state index contributed by atoms with van der Waals surface area (Å²) in [6.07, 6.45) is 4.90. The Labute approximate surface area is 91.6 Å². The summed E-state index contributed by atoms with van der Waals surface area (Å²) in [4.78, 5) is 1.53. The van der Waals surface area contributed by atoms with Crippen LogP contribution >= 0.6 is 27.7 Å². The minimum Gasteiger partial charge on any atom is -0.131 e. The first-order valence-electron chi connectivity index (χ1n) is 4.43. The zero-order valence-corrected chi connectivity index (χ0v) is 9.70. The average Bonchev–Trinajstić information content (AvgIpc) is 2.62. The van der Waals surface area contributed by atoms with Crippen LogP contribution in [-0.4, -0.2) is 5.75 Å². The number of hydrogen-bond acceptors (Lipinski definition) is 1. The van der Waals surface area contributed by atoms with Crippen LogP contribution in [0.15, 0.2) is 33.6 Å². The Morgan fingerprint density at radius 3 is 2.62 bits per heavy atom. The van der Waals surface area contributed by atoms with Crippen LogP contribution in [0, 0.1) is 0 Å². The van der Waals surface area contributed by atoms with Gasteiger partial charge in [-0.05, 0) is 47.3 Å². The number of thioether (sulfide) groups is 1. The van der Waals surface area contributed by atoms with Gasteiger partial charge in [0.05, 0.1) is 0 Å². The van der Waals surface area contributed by atoms with Crippen molar-refractivity contribution < 1.29 is 0 Å². The molecule has 0 bridgehead atoms. The van der Waals surface area contributed by atoms with Gasteiger partial charge in [-0.1, -0.05) is 28.1 Å². The monoisotopic (exact) mass is 254 g/mol. The number of rotatable bonds is 1. The molecule has 68 valence electrons. The van der Waals surface area contributed by atoms with Crippen LogP contribution in [0.2, 0.25) is 0 Å². The molecule has 1 aromatic rings. The SMILES string of the molecule is Brc1ccc(C=C2CCCS2)cc1. The lowest BCUT2D eigenvalue weighted by atomic mass is 10.2. The van der Waals surface area contributed by atoms with Crippen molar-refractivity contribution in [1.29, 1.82) is 0 Å². The molecular formula is C11H11BrS. The van der Waals surface area contributed by atoms with E-state index in [0.717, 1.165) is 4.47 Å². The van der Waals surface area contributed by atoms with E-state index < -0.39 is 0 Å². The highest BCUT2D eigenvalue weighted by Gasteiger charge is 2.06. The van der Waals surface area contributed by atoms with E-state index in [9.17, 15) is 0 Å². The molecule has 0 spiro atoms. The van der Waals surface area contributed by atoms with Gasteiger partial charge in [-0.2, -0.15) is 0 Å². The maximum atomic E-state index is 3.43. The second kappa shape index (κ2) is 4.34. The Morgan fingerprint density at radius 2 is 2.00 bits per heavy atom. The molecule has 0 radical (unpaired) electrons. The molecule has 1 aliphatic heterocycles. The van der Waals surface area contributed by atoms with Crippen molar-refractivity contribution in [2.24, 2.45) is 0 Å². The fourth-order valence-corrected chi connectivity index (χ4v) is 2.70. The molecule has 1 aliphatic rings. The summed E-state index contributed by atoms with van der Waals surface area (Å²) in [7, 11) is 0. The fourth-order valence-electron chi connectivity index (χ4n) is 1.38. The summed E-state index contributed by atoms with van der Waals surface area (Å²) < 4.78 is 1.15. The van der Waals surface area contributed by atoms with Crippen LogP contribution < -0.4 is 0 Å². The van der Waals surface area contributed by atoms with Crippen molar-refractivity contribution in [3.05, 3.63) is 39.2 Å². The van der Waals surface area contributed by atoms with E-state index in [1.54, 1.807) is 0 Å². The van der Waals surface area contributed by atoms with Crippen molar-refractivity contribution >= 4 is 33.8 Å². The van der Waals surface area contributed by atoms with Gasteiger partial charge >= 0.3 is 0 Å². The second-order valence-corrected chi connectivity index (χ2v) is 5.25. The Balaban J connectivity index is 2.17. The molecule has 0 amide bonds. The molecule has 0 aromatic heterocycles. The third-order valence-corrected chi connectivity index (χ3v) is 3.77. The minimum atomic E-state index is 1.15. The largest absolute Gasteiger partial charge is 0.131 e. The summed E-state index contributed by atoms with van der Waals surface area (Å²) in [6, 6.07) is 8.48. The molecule has 1 fully saturated rings. The molecule has 0 atom stereocenters. The summed E-state index contributed by atoms with van der Waals surface area (Å²) in [5.74, 6) is 1.29. The molecule has 1 saturated heterocycles. The van der Waals surface area contributed by atoms with Crippen LogP contribution in [-0.2, 0) is 0 Å². The van der Waals surface area contributed by atoms with Crippen LogP contribution in [0.25, 0.3) is 6.08 Å².